The van der Waals surface area contributed by atoms with Crippen molar-refractivity contribution in [3.63, 3.8) is 0 Å². The zero-order valence-corrected chi connectivity index (χ0v) is 6.16. The third-order valence-corrected chi connectivity index (χ3v) is 2.25. The zero-order chi connectivity index (χ0) is 8.01. The predicted molar refractivity (Wildman–Crippen MR) is 37.6 cm³/mol. The van der Waals surface area contributed by atoms with Crippen molar-refractivity contribution in [2.24, 2.45) is 11.7 Å². The van der Waals surface area contributed by atoms with Gasteiger partial charge in [0.1, 0.15) is 6.17 Å². The van der Waals surface area contributed by atoms with Crippen LogP contribution in [0.2, 0.25) is 0 Å². The summed E-state index contributed by atoms with van der Waals surface area (Å²) in [4.78, 5) is 12.8. The number of likely N-dealkylation sites (tertiary alicyclic amines) is 1. The van der Waals surface area contributed by atoms with E-state index in [0.717, 1.165) is 0 Å². The lowest BCUT2D eigenvalue weighted by Gasteiger charge is -2.36. The van der Waals surface area contributed by atoms with E-state index in [2.05, 4.69) is 0 Å². The van der Waals surface area contributed by atoms with Gasteiger partial charge in [0.2, 0.25) is 5.91 Å². The van der Waals surface area contributed by atoms with Crippen molar-refractivity contribution in [3.8, 4) is 0 Å². The zero-order valence-electron chi connectivity index (χ0n) is 6.16. The van der Waals surface area contributed by atoms with Crippen LogP contribution in [-0.4, -0.2) is 36.1 Å². The van der Waals surface area contributed by atoms with Gasteiger partial charge < -0.3 is 10.6 Å². The molecule has 11 heavy (non-hydrogen) atoms. The first-order valence-corrected chi connectivity index (χ1v) is 3.87. The molecule has 3 nitrogen and oxygen atoms in total. The van der Waals surface area contributed by atoms with Crippen LogP contribution < -0.4 is 5.73 Å². The first-order valence-electron chi connectivity index (χ1n) is 3.87. The van der Waals surface area contributed by atoms with Gasteiger partial charge in [0.15, 0.2) is 0 Å². The van der Waals surface area contributed by atoms with E-state index >= 15 is 0 Å². The Kier molecular flexibility index (Phi) is 1.39. The first kappa shape index (κ1) is 7.03. The maximum atomic E-state index is 12.4. The molecular weight excluding hydrogens is 147 g/mol. The highest BCUT2D eigenvalue weighted by atomic mass is 19.1. The fourth-order valence-electron chi connectivity index (χ4n) is 1.35. The average molecular weight is 158 g/mol. The second kappa shape index (κ2) is 2.17. The Labute approximate surface area is 64.3 Å². The standard InChI is InChI=1S/C7H11FN2O/c8-6-1-5(6)7(11)10-2-4(9)3-10/h4-6H,1-3,9H2/t5-,6+/m1/s1. The van der Waals surface area contributed by atoms with Crippen molar-refractivity contribution in [1.29, 1.82) is 0 Å². The molecule has 0 aromatic rings. The van der Waals surface area contributed by atoms with Gasteiger partial charge in [0.05, 0.1) is 5.92 Å². The normalized spacial score (nSPS) is 36.7. The number of amides is 1. The van der Waals surface area contributed by atoms with Gasteiger partial charge in [-0.3, -0.25) is 4.79 Å². The van der Waals surface area contributed by atoms with E-state index in [1.807, 2.05) is 0 Å². The van der Waals surface area contributed by atoms with Crippen LogP contribution in [0.1, 0.15) is 6.42 Å². The Morgan fingerprint density at radius 2 is 2.09 bits per heavy atom. The maximum absolute atomic E-state index is 12.4. The highest BCUT2D eigenvalue weighted by Crippen LogP contribution is 2.36. The third kappa shape index (κ3) is 1.11. The minimum atomic E-state index is -0.876. The fourth-order valence-corrected chi connectivity index (χ4v) is 1.35. The molecule has 62 valence electrons. The molecule has 1 saturated carbocycles. The Morgan fingerprint density at radius 3 is 2.45 bits per heavy atom. The van der Waals surface area contributed by atoms with Crippen LogP contribution in [0.4, 0.5) is 4.39 Å². The molecule has 0 radical (unpaired) electrons. The molecule has 1 aliphatic carbocycles. The number of hydrogen-bond acceptors (Lipinski definition) is 2. The number of alkyl halides is 1. The molecule has 2 N–H and O–H groups in total. The summed E-state index contributed by atoms with van der Waals surface area (Å²) in [5, 5.41) is 0. The van der Waals surface area contributed by atoms with E-state index in [1.165, 1.54) is 0 Å². The molecule has 1 amide bonds. The summed E-state index contributed by atoms with van der Waals surface area (Å²) in [5.41, 5.74) is 5.47. The molecule has 0 aromatic carbocycles. The summed E-state index contributed by atoms with van der Waals surface area (Å²) in [5.74, 6) is -0.373. The molecule has 0 bridgehead atoms. The van der Waals surface area contributed by atoms with Gasteiger partial charge in [-0.1, -0.05) is 0 Å². The van der Waals surface area contributed by atoms with Crippen molar-refractivity contribution in [2.75, 3.05) is 13.1 Å². The van der Waals surface area contributed by atoms with E-state index in [9.17, 15) is 9.18 Å². The summed E-state index contributed by atoms with van der Waals surface area (Å²) in [6.45, 7) is 1.23. The number of carbonyl (C=O) groups is 1. The van der Waals surface area contributed by atoms with Gasteiger partial charge in [0.25, 0.3) is 0 Å². The topological polar surface area (TPSA) is 46.3 Å². The van der Waals surface area contributed by atoms with Crippen molar-refractivity contribution in [2.45, 2.75) is 18.6 Å². The van der Waals surface area contributed by atoms with Crippen LogP contribution in [0.3, 0.4) is 0 Å². The molecule has 2 fully saturated rings. The number of carbonyl (C=O) groups excluding carboxylic acids is 1. The van der Waals surface area contributed by atoms with Crippen LogP contribution in [0.15, 0.2) is 0 Å². The molecule has 2 aliphatic rings. The van der Waals surface area contributed by atoms with Gasteiger partial charge in [-0.05, 0) is 6.42 Å². The van der Waals surface area contributed by atoms with Crippen LogP contribution in [0.25, 0.3) is 0 Å². The number of halogens is 1. The summed E-state index contributed by atoms with van der Waals surface area (Å²) >= 11 is 0. The molecule has 2 rings (SSSR count). The molecule has 0 unspecified atom stereocenters. The molecular formula is C7H11FN2O. The largest absolute Gasteiger partial charge is 0.339 e. The van der Waals surface area contributed by atoms with Crippen LogP contribution >= 0.6 is 0 Å². The Morgan fingerprint density at radius 1 is 1.55 bits per heavy atom. The quantitative estimate of drug-likeness (QED) is 0.560. The lowest BCUT2D eigenvalue weighted by atomic mass is 10.1. The Bertz CT molecular complexity index is 191. The lowest BCUT2D eigenvalue weighted by molar-refractivity contribution is -0.137. The van der Waals surface area contributed by atoms with Crippen LogP contribution in [0, 0.1) is 5.92 Å². The fraction of sp³-hybridized carbons (Fsp3) is 0.857. The molecule has 0 spiro atoms. The van der Waals surface area contributed by atoms with Crippen LogP contribution in [0.5, 0.6) is 0 Å². The van der Waals surface area contributed by atoms with E-state index in [4.69, 9.17) is 5.73 Å². The predicted octanol–water partition coefficient (Wildman–Crippen LogP) is -0.486. The number of nitrogens with zero attached hydrogens (tertiary/aromatic N) is 1. The highest BCUT2D eigenvalue weighted by Gasteiger charge is 2.47. The molecule has 2 atom stereocenters. The van der Waals surface area contributed by atoms with Gasteiger partial charge in [-0.2, -0.15) is 0 Å². The number of hydrogen-bond donors (Lipinski definition) is 1. The molecule has 1 heterocycles. The minimum Gasteiger partial charge on any atom is -0.339 e. The van der Waals surface area contributed by atoms with Crippen molar-refractivity contribution >= 4 is 5.91 Å². The smallest absolute Gasteiger partial charge is 0.228 e. The van der Waals surface area contributed by atoms with Crippen molar-refractivity contribution in [1.82, 2.24) is 4.90 Å². The first-order chi connectivity index (χ1) is 5.18. The van der Waals surface area contributed by atoms with Gasteiger partial charge in [-0.15, -0.1) is 0 Å². The highest BCUT2D eigenvalue weighted by molar-refractivity contribution is 5.83. The molecule has 4 heteroatoms. The average Bonchev–Trinajstić information content (AvgIpc) is 2.58. The van der Waals surface area contributed by atoms with E-state index in [0.29, 0.717) is 19.5 Å². The van der Waals surface area contributed by atoms with E-state index < -0.39 is 6.17 Å². The summed E-state index contributed by atoms with van der Waals surface area (Å²) < 4.78 is 12.4. The number of nitrogens with two attached hydrogens (primary N) is 1. The van der Waals surface area contributed by atoms with Crippen LogP contribution in [-0.2, 0) is 4.79 Å². The summed E-state index contributed by atoms with van der Waals surface area (Å²) in [6, 6.07) is 0.121. The summed E-state index contributed by atoms with van der Waals surface area (Å²) in [6.07, 6.45) is -0.454. The SMILES string of the molecule is NC1CN(C(=O)[C@@H]2C[C@@H]2F)C1. The van der Waals surface area contributed by atoms with Gasteiger partial charge >= 0.3 is 0 Å². The Hall–Kier alpha value is -0.640. The van der Waals surface area contributed by atoms with Gasteiger partial charge in [0, 0.05) is 19.1 Å². The van der Waals surface area contributed by atoms with E-state index in [1.54, 1.807) is 4.90 Å². The third-order valence-electron chi connectivity index (χ3n) is 2.25. The lowest BCUT2D eigenvalue weighted by Crippen LogP contribution is -2.58. The molecule has 1 aliphatic heterocycles. The molecule has 1 saturated heterocycles. The minimum absolute atomic E-state index is 0.0424. The van der Waals surface area contributed by atoms with Crippen molar-refractivity contribution < 1.29 is 9.18 Å². The monoisotopic (exact) mass is 158 g/mol. The Balaban J connectivity index is 1.83. The number of rotatable bonds is 1. The van der Waals surface area contributed by atoms with E-state index in [-0.39, 0.29) is 17.9 Å². The second-order valence-corrected chi connectivity index (χ2v) is 3.36. The second-order valence-electron chi connectivity index (χ2n) is 3.36. The maximum Gasteiger partial charge on any atom is 0.228 e. The van der Waals surface area contributed by atoms with Gasteiger partial charge in [-0.25, -0.2) is 4.39 Å². The van der Waals surface area contributed by atoms with Crippen molar-refractivity contribution in [3.05, 3.63) is 0 Å². The molecule has 0 aromatic heterocycles. The summed E-state index contributed by atoms with van der Waals surface area (Å²) in [7, 11) is 0.